The van der Waals surface area contributed by atoms with Crippen LogP contribution in [0.2, 0.25) is 0 Å². The number of carbonyl (C=O) groups excluding carboxylic acids is 1. The summed E-state index contributed by atoms with van der Waals surface area (Å²) in [5, 5.41) is 9.68. The van der Waals surface area contributed by atoms with Crippen LogP contribution in [0, 0.1) is 17.2 Å². The summed E-state index contributed by atoms with van der Waals surface area (Å²) < 4.78 is 12.7. The molecule has 0 bridgehead atoms. The van der Waals surface area contributed by atoms with Gasteiger partial charge in [0.25, 0.3) is 0 Å². The number of ketones is 1. The lowest BCUT2D eigenvalue weighted by Crippen LogP contribution is -2.34. The number of fused-ring (bicyclic) bond motifs is 1. The molecule has 5 heteroatoms. The van der Waals surface area contributed by atoms with E-state index in [1.54, 1.807) is 20.3 Å². The number of hydrogen-bond donors (Lipinski definition) is 0. The first-order valence-corrected chi connectivity index (χ1v) is 9.88. The van der Waals surface area contributed by atoms with Gasteiger partial charge in [-0.1, -0.05) is 30.3 Å². The van der Waals surface area contributed by atoms with Crippen molar-refractivity contribution in [1.29, 1.82) is 5.26 Å². The van der Waals surface area contributed by atoms with Crippen molar-refractivity contribution in [1.82, 2.24) is 0 Å². The highest BCUT2D eigenvalue weighted by atomic mass is 16.5. The van der Waals surface area contributed by atoms with Gasteiger partial charge in [0, 0.05) is 23.1 Å². The molecule has 1 aromatic heterocycles. The number of methoxy groups -OCH3 is 2. The Morgan fingerprint density at radius 1 is 1.10 bits per heavy atom. The van der Waals surface area contributed by atoms with Crippen molar-refractivity contribution < 1.29 is 18.8 Å². The SMILES string of the molecule is COc1cc2c(cc1OC)C(=O)C(Cc1cc[n+](Cc3ccccc3)cc1C#N)C2. The summed E-state index contributed by atoms with van der Waals surface area (Å²) in [6, 6.07) is 18.0. The van der Waals surface area contributed by atoms with Crippen LogP contribution < -0.4 is 14.0 Å². The molecule has 1 unspecified atom stereocenters. The molecule has 2 aromatic carbocycles. The summed E-state index contributed by atoms with van der Waals surface area (Å²) in [6.07, 6.45) is 5.01. The number of nitriles is 1. The Bertz CT molecular complexity index is 1130. The van der Waals surface area contributed by atoms with Gasteiger partial charge in [0.2, 0.25) is 0 Å². The minimum atomic E-state index is -0.186. The van der Waals surface area contributed by atoms with Crippen LogP contribution >= 0.6 is 0 Å². The van der Waals surface area contributed by atoms with Gasteiger partial charge in [0.05, 0.1) is 14.2 Å². The maximum absolute atomic E-state index is 13.0. The van der Waals surface area contributed by atoms with Gasteiger partial charge in [-0.2, -0.15) is 9.83 Å². The zero-order chi connectivity index (χ0) is 21.1. The lowest BCUT2D eigenvalue weighted by Gasteiger charge is -2.09. The van der Waals surface area contributed by atoms with Gasteiger partial charge in [0.15, 0.2) is 36.2 Å². The van der Waals surface area contributed by atoms with Crippen molar-refractivity contribution in [3.8, 4) is 17.6 Å². The maximum Gasteiger partial charge on any atom is 0.187 e. The Balaban J connectivity index is 1.55. The quantitative estimate of drug-likeness (QED) is 0.595. The van der Waals surface area contributed by atoms with Crippen LogP contribution in [0.4, 0.5) is 0 Å². The number of nitrogens with zero attached hydrogens (tertiary/aromatic N) is 2. The van der Waals surface area contributed by atoms with Crippen LogP contribution in [0.5, 0.6) is 11.5 Å². The van der Waals surface area contributed by atoms with Gasteiger partial charge in [-0.05, 0) is 36.1 Å². The fraction of sp³-hybridized carbons (Fsp3) is 0.240. The van der Waals surface area contributed by atoms with Gasteiger partial charge in [-0.3, -0.25) is 4.79 Å². The molecule has 1 aliphatic carbocycles. The number of Topliss-reactive ketones (excluding diaryl/α,β-unsaturated/α-hetero) is 1. The first-order valence-electron chi connectivity index (χ1n) is 9.88. The van der Waals surface area contributed by atoms with Crippen molar-refractivity contribution >= 4 is 5.78 Å². The fourth-order valence-corrected chi connectivity index (χ4v) is 4.07. The van der Waals surface area contributed by atoms with E-state index in [2.05, 4.69) is 18.2 Å². The van der Waals surface area contributed by atoms with Crippen molar-refractivity contribution in [2.24, 2.45) is 5.92 Å². The van der Waals surface area contributed by atoms with Crippen LogP contribution in [0.1, 0.15) is 32.6 Å². The standard InChI is InChI=1S/C25H23N2O3/c1-29-23-12-19-11-20(25(28)22(19)13-24(23)30-2)10-18-8-9-27(16-21(18)14-26)15-17-6-4-3-5-7-17/h3-9,12-13,16,20H,10-11,15H2,1-2H3/q+1. The summed E-state index contributed by atoms with van der Waals surface area (Å²) >= 11 is 0. The van der Waals surface area contributed by atoms with Gasteiger partial charge < -0.3 is 9.47 Å². The second kappa shape index (κ2) is 8.38. The topological polar surface area (TPSA) is 63.2 Å². The van der Waals surface area contributed by atoms with Gasteiger partial charge in [-0.25, -0.2) is 0 Å². The second-order valence-corrected chi connectivity index (χ2v) is 7.49. The molecule has 150 valence electrons. The van der Waals surface area contributed by atoms with Crippen LogP contribution in [0.25, 0.3) is 0 Å². The van der Waals surface area contributed by atoms with E-state index in [-0.39, 0.29) is 11.7 Å². The monoisotopic (exact) mass is 399 g/mol. The predicted octanol–water partition coefficient (Wildman–Crippen LogP) is 3.51. The number of benzene rings is 2. The molecule has 0 amide bonds. The first-order chi connectivity index (χ1) is 14.6. The lowest BCUT2D eigenvalue weighted by molar-refractivity contribution is -0.688. The summed E-state index contributed by atoms with van der Waals surface area (Å²) in [5.74, 6) is 1.10. The van der Waals surface area contributed by atoms with E-state index in [0.29, 0.717) is 42.0 Å². The highest BCUT2D eigenvalue weighted by Gasteiger charge is 2.33. The van der Waals surface area contributed by atoms with E-state index in [0.717, 1.165) is 11.1 Å². The average molecular weight is 399 g/mol. The molecule has 0 fully saturated rings. The Morgan fingerprint density at radius 2 is 1.83 bits per heavy atom. The van der Waals surface area contributed by atoms with E-state index >= 15 is 0 Å². The van der Waals surface area contributed by atoms with Gasteiger partial charge in [-0.15, -0.1) is 0 Å². The van der Waals surface area contributed by atoms with Crippen LogP contribution in [-0.2, 0) is 19.4 Å². The summed E-state index contributed by atoms with van der Waals surface area (Å²) in [4.78, 5) is 13.0. The molecule has 0 N–H and O–H groups in total. The molecule has 0 aliphatic heterocycles. The summed E-state index contributed by atoms with van der Waals surface area (Å²) in [5.41, 5.74) is 4.32. The predicted molar refractivity (Wildman–Crippen MR) is 112 cm³/mol. The Morgan fingerprint density at radius 3 is 2.53 bits per heavy atom. The Labute approximate surface area is 176 Å². The number of carbonyl (C=O) groups is 1. The number of rotatable bonds is 6. The average Bonchev–Trinajstić information content (AvgIpc) is 3.08. The molecule has 0 saturated carbocycles. The molecule has 4 rings (SSSR count). The molecular formula is C25H23N2O3+. The summed E-state index contributed by atoms with van der Waals surface area (Å²) in [7, 11) is 3.15. The van der Waals surface area contributed by atoms with E-state index in [1.807, 2.05) is 47.3 Å². The Hall–Kier alpha value is -3.65. The van der Waals surface area contributed by atoms with Crippen molar-refractivity contribution in [2.75, 3.05) is 14.2 Å². The van der Waals surface area contributed by atoms with E-state index < -0.39 is 0 Å². The first kappa shape index (κ1) is 19.7. The molecule has 0 radical (unpaired) electrons. The van der Waals surface area contributed by atoms with Gasteiger partial charge >= 0.3 is 0 Å². The smallest absolute Gasteiger partial charge is 0.187 e. The van der Waals surface area contributed by atoms with Crippen molar-refractivity contribution in [3.63, 3.8) is 0 Å². The number of hydrogen-bond acceptors (Lipinski definition) is 4. The van der Waals surface area contributed by atoms with E-state index in [9.17, 15) is 10.1 Å². The minimum absolute atomic E-state index is 0.0934. The minimum Gasteiger partial charge on any atom is -0.493 e. The fourth-order valence-electron chi connectivity index (χ4n) is 4.07. The Kier molecular flexibility index (Phi) is 5.49. The third-order valence-corrected chi connectivity index (χ3v) is 5.61. The second-order valence-electron chi connectivity index (χ2n) is 7.49. The zero-order valence-electron chi connectivity index (χ0n) is 17.1. The van der Waals surface area contributed by atoms with Crippen LogP contribution in [0.3, 0.4) is 0 Å². The van der Waals surface area contributed by atoms with E-state index in [1.165, 1.54) is 5.56 Å². The molecule has 30 heavy (non-hydrogen) atoms. The van der Waals surface area contributed by atoms with Crippen molar-refractivity contribution in [3.05, 3.63) is 88.7 Å². The highest BCUT2D eigenvalue weighted by Crippen LogP contribution is 2.37. The molecule has 1 heterocycles. The number of pyridine rings is 1. The van der Waals surface area contributed by atoms with Crippen LogP contribution in [-0.4, -0.2) is 20.0 Å². The molecule has 1 atom stereocenters. The molecule has 5 nitrogen and oxygen atoms in total. The highest BCUT2D eigenvalue weighted by molar-refractivity contribution is 6.03. The molecular weight excluding hydrogens is 376 g/mol. The molecule has 0 saturated heterocycles. The summed E-state index contributed by atoms with van der Waals surface area (Å²) in [6.45, 7) is 0.698. The molecule has 0 spiro atoms. The number of aromatic nitrogens is 1. The van der Waals surface area contributed by atoms with Crippen LogP contribution in [0.15, 0.2) is 60.9 Å². The third kappa shape index (κ3) is 3.77. The molecule has 1 aliphatic rings. The van der Waals surface area contributed by atoms with E-state index in [4.69, 9.17) is 9.47 Å². The normalized spacial score (nSPS) is 14.8. The third-order valence-electron chi connectivity index (χ3n) is 5.61. The lowest BCUT2D eigenvalue weighted by atomic mass is 9.94. The number of ether oxygens (including phenoxy) is 2. The largest absolute Gasteiger partial charge is 0.493 e. The maximum atomic E-state index is 13.0. The zero-order valence-corrected chi connectivity index (χ0v) is 17.1. The van der Waals surface area contributed by atoms with Gasteiger partial charge in [0.1, 0.15) is 11.6 Å². The molecule has 3 aromatic rings. The van der Waals surface area contributed by atoms with Crippen molar-refractivity contribution in [2.45, 2.75) is 19.4 Å².